The van der Waals surface area contributed by atoms with Crippen LogP contribution in [0.4, 0.5) is 4.39 Å². The smallest absolute Gasteiger partial charge is 0.126 e. The molecule has 3 N–H and O–H groups in total. The van der Waals surface area contributed by atoms with Crippen molar-refractivity contribution in [3.63, 3.8) is 0 Å². The average Bonchev–Trinajstić information content (AvgIpc) is 2.15. The fourth-order valence-electron chi connectivity index (χ4n) is 1.42. The summed E-state index contributed by atoms with van der Waals surface area (Å²) in [6, 6.07) is 4.88. The van der Waals surface area contributed by atoms with E-state index in [9.17, 15) is 9.50 Å². The summed E-state index contributed by atoms with van der Waals surface area (Å²) in [6.07, 6.45) is 0.456. The molecule has 0 aliphatic heterocycles. The molecule has 15 heavy (non-hydrogen) atoms. The van der Waals surface area contributed by atoms with Crippen LogP contribution in [0.2, 0.25) is 0 Å². The summed E-state index contributed by atoms with van der Waals surface area (Å²) in [6.45, 7) is 3.60. The van der Waals surface area contributed by atoms with Crippen molar-refractivity contribution < 1.29 is 9.50 Å². The van der Waals surface area contributed by atoms with Gasteiger partial charge >= 0.3 is 0 Å². The highest BCUT2D eigenvalue weighted by atomic mass is 19.1. The third-order valence-electron chi connectivity index (χ3n) is 2.52. The molecular weight excluding hydrogens is 193 g/mol. The number of aryl methyl sites for hydroxylation is 2. The van der Waals surface area contributed by atoms with Gasteiger partial charge in [0.1, 0.15) is 5.82 Å². The first-order valence-electron chi connectivity index (χ1n) is 5.19. The molecule has 2 unspecified atom stereocenters. The Morgan fingerprint density at radius 2 is 2.13 bits per heavy atom. The molecule has 1 aromatic carbocycles. The van der Waals surface area contributed by atoms with E-state index in [1.165, 1.54) is 6.07 Å². The van der Waals surface area contributed by atoms with Gasteiger partial charge in [0.05, 0.1) is 6.10 Å². The SMILES string of the molecule is Cc1ccc(CCC(O)C(C)N)c(F)c1. The zero-order valence-electron chi connectivity index (χ0n) is 9.20. The largest absolute Gasteiger partial charge is 0.392 e. The van der Waals surface area contributed by atoms with Gasteiger partial charge in [-0.1, -0.05) is 12.1 Å². The molecule has 0 aromatic heterocycles. The van der Waals surface area contributed by atoms with Gasteiger partial charge in [0.25, 0.3) is 0 Å². The second kappa shape index (κ2) is 5.24. The molecule has 0 aliphatic rings. The van der Waals surface area contributed by atoms with Crippen LogP contribution in [0.25, 0.3) is 0 Å². The molecule has 0 fully saturated rings. The van der Waals surface area contributed by atoms with Crippen molar-refractivity contribution in [3.8, 4) is 0 Å². The number of benzene rings is 1. The van der Waals surface area contributed by atoms with Crippen LogP contribution >= 0.6 is 0 Å². The van der Waals surface area contributed by atoms with Gasteiger partial charge in [-0.2, -0.15) is 0 Å². The summed E-state index contributed by atoms with van der Waals surface area (Å²) < 4.78 is 13.4. The Balaban J connectivity index is 2.58. The normalized spacial score (nSPS) is 15.0. The van der Waals surface area contributed by atoms with Gasteiger partial charge in [-0.05, 0) is 43.9 Å². The molecule has 0 bridgehead atoms. The van der Waals surface area contributed by atoms with Crippen molar-refractivity contribution in [1.29, 1.82) is 0 Å². The van der Waals surface area contributed by atoms with E-state index in [2.05, 4.69) is 0 Å². The summed E-state index contributed by atoms with van der Waals surface area (Å²) in [5.74, 6) is -0.202. The van der Waals surface area contributed by atoms with Gasteiger partial charge in [0.2, 0.25) is 0 Å². The van der Waals surface area contributed by atoms with E-state index in [1.807, 2.05) is 13.0 Å². The quantitative estimate of drug-likeness (QED) is 0.797. The molecule has 0 spiro atoms. The van der Waals surface area contributed by atoms with Crippen LogP contribution in [0.15, 0.2) is 18.2 Å². The van der Waals surface area contributed by atoms with Crippen LogP contribution < -0.4 is 5.73 Å². The average molecular weight is 211 g/mol. The summed E-state index contributed by atoms with van der Waals surface area (Å²) in [7, 11) is 0. The topological polar surface area (TPSA) is 46.2 Å². The highest BCUT2D eigenvalue weighted by Crippen LogP contribution is 2.13. The molecule has 0 amide bonds. The minimum atomic E-state index is -0.564. The molecule has 2 atom stereocenters. The van der Waals surface area contributed by atoms with Gasteiger partial charge in [-0.25, -0.2) is 4.39 Å². The van der Waals surface area contributed by atoms with Crippen molar-refractivity contribution in [2.45, 2.75) is 38.8 Å². The molecule has 0 radical (unpaired) electrons. The Morgan fingerprint density at radius 3 is 2.67 bits per heavy atom. The highest BCUT2D eigenvalue weighted by Gasteiger charge is 2.10. The molecule has 84 valence electrons. The van der Waals surface area contributed by atoms with E-state index in [4.69, 9.17) is 5.73 Å². The monoisotopic (exact) mass is 211 g/mol. The van der Waals surface area contributed by atoms with Crippen LogP contribution in [0.1, 0.15) is 24.5 Å². The second-order valence-electron chi connectivity index (χ2n) is 4.06. The lowest BCUT2D eigenvalue weighted by Gasteiger charge is -2.14. The lowest BCUT2D eigenvalue weighted by Crippen LogP contribution is -2.31. The second-order valence-corrected chi connectivity index (χ2v) is 4.06. The Morgan fingerprint density at radius 1 is 1.47 bits per heavy atom. The lowest BCUT2D eigenvalue weighted by molar-refractivity contribution is 0.141. The first-order chi connectivity index (χ1) is 7.00. The molecule has 2 nitrogen and oxygen atoms in total. The Bertz CT molecular complexity index is 325. The Labute approximate surface area is 89.9 Å². The van der Waals surface area contributed by atoms with E-state index in [-0.39, 0.29) is 11.9 Å². The molecule has 1 aromatic rings. The van der Waals surface area contributed by atoms with Gasteiger partial charge in [-0.15, -0.1) is 0 Å². The Hall–Kier alpha value is -0.930. The van der Waals surface area contributed by atoms with Crippen molar-refractivity contribution in [2.24, 2.45) is 5.73 Å². The summed E-state index contributed by atoms with van der Waals surface area (Å²) >= 11 is 0. The number of aliphatic hydroxyl groups is 1. The third kappa shape index (κ3) is 3.61. The number of rotatable bonds is 4. The first kappa shape index (κ1) is 12.1. The van der Waals surface area contributed by atoms with Crippen LogP contribution in [-0.4, -0.2) is 17.3 Å². The maximum atomic E-state index is 13.4. The van der Waals surface area contributed by atoms with Crippen LogP contribution in [0.5, 0.6) is 0 Å². The van der Waals surface area contributed by atoms with E-state index in [0.29, 0.717) is 18.4 Å². The molecular formula is C12H18FNO. The molecule has 3 heteroatoms. The molecule has 0 aliphatic carbocycles. The van der Waals surface area contributed by atoms with Crippen LogP contribution in [-0.2, 0) is 6.42 Å². The van der Waals surface area contributed by atoms with Crippen molar-refractivity contribution in [2.75, 3.05) is 0 Å². The third-order valence-corrected chi connectivity index (χ3v) is 2.52. The minimum absolute atomic E-state index is 0.202. The van der Waals surface area contributed by atoms with Gasteiger partial charge in [-0.3, -0.25) is 0 Å². The Kier molecular flexibility index (Phi) is 4.24. The number of nitrogens with two attached hydrogens (primary N) is 1. The van der Waals surface area contributed by atoms with Gasteiger partial charge in [0, 0.05) is 6.04 Å². The number of hydrogen-bond acceptors (Lipinski definition) is 2. The molecule has 1 rings (SSSR count). The predicted molar refractivity (Wildman–Crippen MR) is 59.1 cm³/mol. The van der Waals surface area contributed by atoms with E-state index in [1.54, 1.807) is 13.0 Å². The summed E-state index contributed by atoms with van der Waals surface area (Å²) in [5, 5.41) is 9.49. The standard InChI is InChI=1S/C12H18FNO/c1-8-3-4-10(11(13)7-8)5-6-12(15)9(2)14/h3-4,7,9,12,15H,5-6,14H2,1-2H3. The zero-order chi connectivity index (χ0) is 11.4. The highest BCUT2D eigenvalue weighted by molar-refractivity contribution is 5.23. The van der Waals surface area contributed by atoms with Gasteiger partial charge in [0.15, 0.2) is 0 Å². The van der Waals surface area contributed by atoms with E-state index in [0.717, 1.165) is 5.56 Å². The predicted octanol–water partition coefficient (Wildman–Crippen LogP) is 1.77. The fourth-order valence-corrected chi connectivity index (χ4v) is 1.42. The van der Waals surface area contributed by atoms with Crippen molar-refractivity contribution in [1.82, 2.24) is 0 Å². The number of halogens is 1. The van der Waals surface area contributed by atoms with Crippen molar-refractivity contribution in [3.05, 3.63) is 35.1 Å². The first-order valence-corrected chi connectivity index (χ1v) is 5.19. The number of hydrogen-bond donors (Lipinski definition) is 2. The summed E-state index contributed by atoms with van der Waals surface area (Å²) in [5.41, 5.74) is 7.06. The van der Waals surface area contributed by atoms with E-state index < -0.39 is 6.10 Å². The van der Waals surface area contributed by atoms with Crippen LogP contribution in [0, 0.1) is 12.7 Å². The molecule has 0 saturated heterocycles. The molecule has 0 heterocycles. The minimum Gasteiger partial charge on any atom is -0.392 e. The number of aliphatic hydroxyl groups excluding tert-OH is 1. The summed E-state index contributed by atoms with van der Waals surface area (Å²) in [4.78, 5) is 0. The van der Waals surface area contributed by atoms with Crippen LogP contribution in [0.3, 0.4) is 0 Å². The van der Waals surface area contributed by atoms with Crippen molar-refractivity contribution >= 4 is 0 Å². The zero-order valence-corrected chi connectivity index (χ0v) is 9.20. The molecule has 0 saturated carbocycles. The fraction of sp³-hybridized carbons (Fsp3) is 0.500. The maximum Gasteiger partial charge on any atom is 0.126 e. The lowest BCUT2D eigenvalue weighted by atomic mass is 10.0. The van der Waals surface area contributed by atoms with E-state index >= 15 is 0 Å². The maximum absolute atomic E-state index is 13.4. The van der Waals surface area contributed by atoms with Gasteiger partial charge < -0.3 is 10.8 Å².